The van der Waals surface area contributed by atoms with Gasteiger partial charge in [-0.2, -0.15) is 0 Å². The predicted octanol–water partition coefficient (Wildman–Crippen LogP) is 1.54. The molecule has 5 heteroatoms. The highest BCUT2D eigenvalue weighted by molar-refractivity contribution is 7.12. The lowest BCUT2D eigenvalue weighted by molar-refractivity contribution is 0.614. The summed E-state index contributed by atoms with van der Waals surface area (Å²) in [6.45, 7) is 0. The van der Waals surface area contributed by atoms with Gasteiger partial charge in [0.2, 0.25) is 0 Å². The van der Waals surface area contributed by atoms with Gasteiger partial charge < -0.3 is 0 Å². The van der Waals surface area contributed by atoms with E-state index >= 15 is 0 Å². The van der Waals surface area contributed by atoms with Gasteiger partial charge >= 0.3 is 0 Å². The third kappa shape index (κ3) is 1.31. The highest BCUT2D eigenvalue weighted by Gasteiger charge is 2.02. The van der Waals surface area contributed by atoms with E-state index in [9.17, 15) is 4.39 Å². The largest absolute Gasteiger partial charge is 0.240 e. The summed E-state index contributed by atoms with van der Waals surface area (Å²) in [5.41, 5.74) is 0. The molecule has 0 aliphatic heterocycles. The van der Waals surface area contributed by atoms with Gasteiger partial charge in [0.1, 0.15) is 0 Å². The van der Waals surface area contributed by atoms with Crippen molar-refractivity contribution in [2.75, 3.05) is 0 Å². The second kappa shape index (κ2) is 2.94. The zero-order chi connectivity index (χ0) is 8.39. The minimum absolute atomic E-state index is 0.433. The Bertz CT molecular complexity index is 357. The highest BCUT2D eigenvalue weighted by Crippen LogP contribution is 2.15. The summed E-state index contributed by atoms with van der Waals surface area (Å²) in [4.78, 5) is 11.5. The van der Waals surface area contributed by atoms with Crippen LogP contribution in [-0.2, 0) is 0 Å². The van der Waals surface area contributed by atoms with E-state index in [4.69, 9.17) is 0 Å². The fourth-order valence-corrected chi connectivity index (χ4v) is 1.24. The maximum absolute atomic E-state index is 12.4. The third-order valence-corrected chi connectivity index (χ3v) is 1.91. The predicted molar refractivity (Wildman–Crippen MR) is 41.9 cm³/mol. The van der Waals surface area contributed by atoms with Crippen LogP contribution in [0.2, 0.25) is 0 Å². The van der Waals surface area contributed by atoms with E-state index in [2.05, 4.69) is 20.3 Å². The minimum atomic E-state index is -0.445. The van der Waals surface area contributed by atoms with Gasteiger partial charge in [-0.3, -0.25) is 0 Å². The van der Waals surface area contributed by atoms with Gasteiger partial charge in [0.05, 0.1) is 17.8 Å². The zero-order valence-corrected chi connectivity index (χ0v) is 6.68. The van der Waals surface area contributed by atoms with Crippen molar-refractivity contribution in [1.82, 2.24) is 15.0 Å². The number of aromatic nitrogens is 3. The van der Waals surface area contributed by atoms with Gasteiger partial charge in [-0.25, -0.2) is 19.3 Å². The van der Waals surface area contributed by atoms with E-state index in [1.165, 1.54) is 17.5 Å². The molecule has 2 aromatic rings. The Kier molecular flexibility index (Phi) is 1.79. The molecule has 0 spiro atoms. The van der Waals surface area contributed by atoms with Crippen molar-refractivity contribution in [3.8, 4) is 10.8 Å². The molecule has 3 nitrogen and oxygen atoms in total. The van der Waals surface area contributed by atoms with Crippen LogP contribution in [0, 0.1) is 11.2 Å². The summed E-state index contributed by atoms with van der Waals surface area (Å²) in [5.74, 6) is -0.0121. The van der Waals surface area contributed by atoms with Crippen molar-refractivity contribution in [3.63, 3.8) is 0 Å². The zero-order valence-electron chi connectivity index (χ0n) is 5.86. The molecule has 2 rings (SSSR count). The molecule has 0 N–H and O–H groups in total. The number of hydrogen-bond acceptors (Lipinski definition) is 4. The molecule has 59 valence electrons. The highest BCUT2D eigenvalue weighted by atomic mass is 32.1. The number of rotatable bonds is 1. The molecular weight excluding hydrogens is 177 g/mol. The molecule has 0 bridgehead atoms. The molecule has 0 saturated heterocycles. The molecule has 0 amide bonds. The lowest BCUT2D eigenvalue weighted by Gasteiger charge is -1.91. The van der Waals surface area contributed by atoms with Gasteiger partial charge in [0.15, 0.2) is 16.6 Å². The summed E-state index contributed by atoms with van der Waals surface area (Å²) in [6, 6.07) is 0. The van der Waals surface area contributed by atoms with Gasteiger partial charge in [0.25, 0.3) is 0 Å². The third-order valence-electron chi connectivity index (χ3n) is 1.20. The topological polar surface area (TPSA) is 38.7 Å². The van der Waals surface area contributed by atoms with Crippen LogP contribution in [0.3, 0.4) is 0 Å². The van der Waals surface area contributed by atoms with Crippen LogP contribution in [0.4, 0.5) is 4.39 Å². The SMILES string of the molecule is Fc1cnc(-c2nc[c]s2)nc1. The first-order chi connectivity index (χ1) is 5.86. The first-order valence-corrected chi connectivity index (χ1v) is 3.98. The molecule has 0 fully saturated rings. The molecule has 1 radical (unpaired) electrons. The van der Waals surface area contributed by atoms with E-state index in [1.54, 1.807) is 0 Å². The van der Waals surface area contributed by atoms with Crippen molar-refractivity contribution in [1.29, 1.82) is 0 Å². The van der Waals surface area contributed by atoms with E-state index in [-0.39, 0.29) is 0 Å². The van der Waals surface area contributed by atoms with Gasteiger partial charge in [-0.15, -0.1) is 11.3 Å². The number of hydrogen-bond donors (Lipinski definition) is 0. The van der Waals surface area contributed by atoms with Crippen molar-refractivity contribution in [3.05, 3.63) is 29.8 Å². The average Bonchev–Trinajstić information content (AvgIpc) is 2.58. The van der Waals surface area contributed by atoms with Crippen LogP contribution >= 0.6 is 11.3 Å². The summed E-state index contributed by atoms with van der Waals surface area (Å²) in [6.07, 6.45) is 3.76. The molecule has 2 heterocycles. The van der Waals surface area contributed by atoms with Crippen LogP contribution < -0.4 is 0 Å². The van der Waals surface area contributed by atoms with E-state index < -0.39 is 5.82 Å². The maximum Gasteiger partial charge on any atom is 0.188 e. The molecule has 0 saturated carbocycles. The first-order valence-electron chi connectivity index (χ1n) is 3.16. The molecule has 12 heavy (non-hydrogen) atoms. The normalized spacial score (nSPS) is 10.1. The lowest BCUT2D eigenvalue weighted by Crippen LogP contribution is -1.88. The van der Waals surface area contributed by atoms with Gasteiger partial charge in [-0.1, -0.05) is 0 Å². The second-order valence-corrected chi connectivity index (χ2v) is 2.83. The Morgan fingerprint density at radius 1 is 1.25 bits per heavy atom. The van der Waals surface area contributed by atoms with Crippen LogP contribution in [0.1, 0.15) is 0 Å². The van der Waals surface area contributed by atoms with Crippen LogP contribution in [0.25, 0.3) is 10.8 Å². The molecule has 0 aliphatic rings. The molecule has 0 unspecified atom stereocenters. The molecule has 0 atom stereocenters. The number of nitrogens with zero attached hydrogens (tertiary/aromatic N) is 3. The van der Waals surface area contributed by atoms with Crippen molar-refractivity contribution >= 4 is 11.3 Å². The lowest BCUT2D eigenvalue weighted by atomic mass is 10.5. The maximum atomic E-state index is 12.4. The summed E-state index contributed by atoms with van der Waals surface area (Å²) in [7, 11) is 0. The van der Waals surface area contributed by atoms with Gasteiger partial charge in [0, 0.05) is 6.20 Å². The van der Waals surface area contributed by atoms with Crippen LogP contribution in [0.15, 0.2) is 18.6 Å². The van der Waals surface area contributed by atoms with Crippen molar-refractivity contribution in [2.24, 2.45) is 0 Å². The molecule has 2 aromatic heterocycles. The Morgan fingerprint density at radius 3 is 2.58 bits per heavy atom. The van der Waals surface area contributed by atoms with Crippen LogP contribution in [0.5, 0.6) is 0 Å². The van der Waals surface area contributed by atoms with Crippen LogP contribution in [-0.4, -0.2) is 15.0 Å². The Morgan fingerprint density at radius 2 is 2.00 bits per heavy atom. The summed E-state index contributed by atoms with van der Waals surface area (Å²) < 4.78 is 12.4. The number of halogens is 1. The van der Waals surface area contributed by atoms with E-state index in [0.29, 0.717) is 10.8 Å². The van der Waals surface area contributed by atoms with Gasteiger partial charge in [-0.05, 0) is 0 Å². The summed E-state index contributed by atoms with van der Waals surface area (Å²) >= 11 is 1.30. The smallest absolute Gasteiger partial charge is 0.188 e. The Hall–Kier alpha value is -1.36. The standard InChI is InChI=1S/C7H3FN3S/c8-5-3-10-6(11-4-5)7-9-1-2-12-7/h1,3-4H. The second-order valence-electron chi connectivity index (χ2n) is 2.01. The van der Waals surface area contributed by atoms with Crippen molar-refractivity contribution < 1.29 is 4.39 Å². The minimum Gasteiger partial charge on any atom is -0.240 e. The summed E-state index contributed by atoms with van der Waals surface area (Å²) in [5, 5.41) is 3.45. The van der Waals surface area contributed by atoms with Crippen molar-refractivity contribution in [2.45, 2.75) is 0 Å². The molecule has 0 aromatic carbocycles. The quantitative estimate of drug-likeness (QED) is 0.668. The fraction of sp³-hybridized carbons (Fsp3) is 0. The molecular formula is C7H3FN3S. The molecule has 0 aliphatic carbocycles. The Balaban J connectivity index is 2.43. The average molecular weight is 180 g/mol. The van der Waals surface area contributed by atoms with E-state index in [0.717, 1.165) is 12.4 Å². The Labute approximate surface area is 72.0 Å². The first kappa shape index (κ1) is 7.30. The van der Waals surface area contributed by atoms with E-state index in [1.807, 2.05) is 0 Å². The monoisotopic (exact) mass is 180 g/mol. The number of thiazole rings is 1. The fourth-order valence-electron chi connectivity index (χ4n) is 0.720.